The quantitative estimate of drug-likeness (QED) is 0.783. The van der Waals surface area contributed by atoms with E-state index in [4.69, 9.17) is 5.73 Å². The predicted molar refractivity (Wildman–Crippen MR) is 81.9 cm³/mol. The van der Waals surface area contributed by atoms with Crippen LogP contribution >= 0.6 is 0 Å². The number of hydrogen-bond donors (Lipinski definition) is 1. The Bertz CT molecular complexity index is 425. The summed E-state index contributed by atoms with van der Waals surface area (Å²) in [6.45, 7) is 5.50. The van der Waals surface area contributed by atoms with Gasteiger partial charge < -0.3 is 15.5 Å². The maximum Gasteiger partial charge on any atom is 0.257 e. The maximum absolute atomic E-state index is 12.4. The van der Waals surface area contributed by atoms with Gasteiger partial charge in [0.25, 0.3) is 5.91 Å². The standard InChI is InChI=1S/C15H25N5O/c16-5-2-1-3-6-19-7-4-8-20(10-9-19)15(21)14-11-17-13-18-12-14/h11-13H,1-10,16H2. The molecule has 1 amide bonds. The van der Waals surface area contributed by atoms with Crippen LogP contribution in [-0.4, -0.2) is 64.9 Å². The van der Waals surface area contributed by atoms with Gasteiger partial charge in [-0.15, -0.1) is 0 Å². The van der Waals surface area contributed by atoms with Crippen LogP contribution in [0.15, 0.2) is 18.7 Å². The molecule has 21 heavy (non-hydrogen) atoms. The zero-order chi connectivity index (χ0) is 14.9. The van der Waals surface area contributed by atoms with Gasteiger partial charge in [-0.25, -0.2) is 9.97 Å². The number of aromatic nitrogens is 2. The third-order valence-electron chi connectivity index (χ3n) is 3.86. The molecule has 1 saturated heterocycles. The molecule has 6 heteroatoms. The van der Waals surface area contributed by atoms with Crippen LogP contribution in [0.25, 0.3) is 0 Å². The van der Waals surface area contributed by atoms with Gasteiger partial charge in [-0.1, -0.05) is 6.42 Å². The van der Waals surface area contributed by atoms with Gasteiger partial charge in [0, 0.05) is 32.0 Å². The fourth-order valence-electron chi connectivity index (χ4n) is 2.65. The molecule has 1 aliphatic rings. The molecule has 1 fully saturated rings. The van der Waals surface area contributed by atoms with Gasteiger partial charge in [0.2, 0.25) is 0 Å². The molecule has 0 atom stereocenters. The summed E-state index contributed by atoms with van der Waals surface area (Å²) < 4.78 is 0. The van der Waals surface area contributed by atoms with E-state index in [0.717, 1.165) is 52.1 Å². The highest BCUT2D eigenvalue weighted by Gasteiger charge is 2.20. The Balaban J connectivity index is 1.79. The first-order valence-corrected chi connectivity index (χ1v) is 7.78. The van der Waals surface area contributed by atoms with Gasteiger partial charge in [-0.2, -0.15) is 0 Å². The van der Waals surface area contributed by atoms with Crippen molar-refractivity contribution in [3.63, 3.8) is 0 Å². The molecule has 2 rings (SSSR count). The first-order chi connectivity index (χ1) is 10.3. The van der Waals surface area contributed by atoms with Crippen LogP contribution in [0.2, 0.25) is 0 Å². The van der Waals surface area contributed by atoms with Crippen LogP contribution in [0.5, 0.6) is 0 Å². The highest BCUT2D eigenvalue weighted by molar-refractivity contribution is 5.93. The summed E-state index contributed by atoms with van der Waals surface area (Å²) in [5, 5.41) is 0. The number of amides is 1. The average molecular weight is 291 g/mol. The molecule has 2 heterocycles. The van der Waals surface area contributed by atoms with Crippen LogP contribution in [-0.2, 0) is 0 Å². The number of hydrogen-bond acceptors (Lipinski definition) is 5. The number of nitrogens with zero attached hydrogens (tertiary/aromatic N) is 4. The largest absolute Gasteiger partial charge is 0.337 e. The Labute approximate surface area is 126 Å². The molecule has 1 aromatic heterocycles. The maximum atomic E-state index is 12.4. The summed E-state index contributed by atoms with van der Waals surface area (Å²) in [7, 11) is 0. The van der Waals surface area contributed by atoms with Gasteiger partial charge in [-0.05, 0) is 38.9 Å². The predicted octanol–water partition coefficient (Wildman–Crippen LogP) is 0.754. The van der Waals surface area contributed by atoms with Crippen LogP contribution in [0.1, 0.15) is 36.0 Å². The van der Waals surface area contributed by atoms with Crippen molar-refractivity contribution in [2.45, 2.75) is 25.7 Å². The Morgan fingerprint density at radius 1 is 1.10 bits per heavy atom. The summed E-state index contributed by atoms with van der Waals surface area (Å²) in [5.74, 6) is 0.0422. The van der Waals surface area contributed by atoms with Crippen molar-refractivity contribution in [1.29, 1.82) is 0 Å². The number of carbonyl (C=O) groups excluding carboxylic acids is 1. The first kappa shape index (κ1) is 15.9. The second kappa shape index (κ2) is 8.69. The third-order valence-corrected chi connectivity index (χ3v) is 3.86. The van der Waals surface area contributed by atoms with Crippen molar-refractivity contribution in [1.82, 2.24) is 19.8 Å². The van der Waals surface area contributed by atoms with Crippen molar-refractivity contribution < 1.29 is 4.79 Å². The fraction of sp³-hybridized carbons (Fsp3) is 0.667. The van der Waals surface area contributed by atoms with Crippen LogP contribution in [0, 0.1) is 0 Å². The summed E-state index contributed by atoms with van der Waals surface area (Å²) in [6.07, 6.45) is 9.13. The summed E-state index contributed by atoms with van der Waals surface area (Å²) in [4.78, 5) is 24.6. The molecule has 0 saturated carbocycles. The molecule has 1 aliphatic heterocycles. The zero-order valence-corrected chi connectivity index (χ0v) is 12.6. The molecular weight excluding hydrogens is 266 g/mol. The van der Waals surface area contributed by atoms with Gasteiger partial charge in [0.15, 0.2) is 0 Å². The van der Waals surface area contributed by atoms with Gasteiger partial charge in [0.05, 0.1) is 5.56 Å². The molecule has 2 N–H and O–H groups in total. The lowest BCUT2D eigenvalue weighted by Crippen LogP contribution is -2.35. The SMILES string of the molecule is NCCCCCN1CCCN(C(=O)c2cncnc2)CC1. The highest BCUT2D eigenvalue weighted by atomic mass is 16.2. The van der Waals surface area contributed by atoms with E-state index in [1.165, 1.54) is 19.2 Å². The van der Waals surface area contributed by atoms with Crippen LogP contribution < -0.4 is 5.73 Å². The first-order valence-electron chi connectivity index (χ1n) is 7.78. The second-order valence-corrected chi connectivity index (χ2v) is 5.46. The third kappa shape index (κ3) is 5.06. The van der Waals surface area contributed by atoms with Crippen molar-refractivity contribution in [3.8, 4) is 0 Å². The molecular formula is C15H25N5O. The zero-order valence-electron chi connectivity index (χ0n) is 12.6. The van der Waals surface area contributed by atoms with E-state index in [1.54, 1.807) is 12.4 Å². The van der Waals surface area contributed by atoms with E-state index >= 15 is 0 Å². The molecule has 0 aliphatic carbocycles. The smallest absolute Gasteiger partial charge is 0.257 e. The lowest BCUT2D eigenvalue weighted by molar-refractivity contribution is 0.0760. The topological polar surface area (TPSA) is 75.3 Å². The Morgan fingerprint density at radius 3 is 2.67 bits per heavy atom. The van der Waals surface area contributed by atoms with E-state index in [2.05, 4.69) is 14.9 Å². The number of rotatable bonds is 6. The van der Waals surface area contributed by atoms with Crippen molar-refractivity contribution in [2.75, 3.05) is 39.3 Å². The lowest BCUT2D eigenvalue weighted by atomic mass is 10.2. The molecule has 0 aromatic carbocycles. The molecule has 116 valence electrons. The summed E-state index contributed by atoms with van der Waals surface area (Å²) in [6, 6.07) is 0. The van der Waals surface area contributed by atoms with Gasteiger partial charge in [0.1, 0.15) is 6.33 Å². The Hall–Kier alpha value is -1.53. The molecule has 0 bridgehead atoms. The van der Waals surface area contributed by atoms with Crippen molar-refractivity contribution in [3.05, 3.63) is 24.3 Å². The van der Waals surface area contributed by atoms with Gasteiger partial charge in [-0.3, -0.25) is 4.79 Å². The van der Waals surface area contributed by atoms with Crippen molar-refractivity contribution >= 4 is 5.91 Å². The monoisotopic (exact) mass is 291 g/mol. The number of unbranched alkanes of at least 4 members (excludes halogenated alkanes) is 2. The van der Waals surface area contributed by atoms with E-state index in [0.29, 0.717) is 5.56 Å². The molecule has 1 aromatic rings. The van der Waals surface area contributed by atoms with Crippen LogP contribution in [0.3, 0.4) is 0 Å². The van der Waals surface area contributed by atoms with Crippen molar-refractivity contribution in [2.24, 2.45) is 5.73 Å². The molecule has 0 radical (unpaired) electrons. The molecule has 6 nitrogen and oxygen atoms in total. The normalized spacial score (nSPS) is 16.7. The van der Waals surface area contributed by atoms with E-state index in [-0.39, 0.29) is 5.91 Å². The fourth-order valence-corrected chi connectivity index (χ4v) is 2.65. The minimum atomic E-state index is 0.0422. The van der Waals surface area contributed by atoms with E-state index in [1.807, 2.05) is 4.90 Å². The Kier molecular flexibility index (Phi) is 6.56. The summed E-state index contributed by atoms with van der Waals surface area (Å²) in [5.41, 5.74) is 6.09. The second-order valence-electron chi connectivity index (χ2n) is 5.46. The van der Waals surface area contributed by atoms with Gasteiger partial charge >= 0.3 is 0 Å². The average Bonchev–Trinajstić information content (AvgIpc) is 2.77. The van der Waals surface area contributed by atoms with E-state index < -0.39 is 0 Å². The molecule has 0 unspecified atom stereocenters. The number of carbonyl (C=O) groups is 1. The minimum absolute atomic E-state index is 0.0422. The molecule has 0 spiro atoms. The van der Waals surface area contributed by atoms with E-state index in [9.17, 15) is 4.79 Å². The highest BCUT2D eigenvalue weighted by Crippen LogP contribution is 2.09. The Morgan fingerprint density at radius 2 is 1.90 bits per heavy atom. The van der Waals surface area contributed by atoms with Crippen LogP contribution in [0.4, 0.5) is 0 Å². The lowest BCUT2D eigenvalue weighted by Gasteiger charge is -2.21. The minimum Gasteiger partial charge on any atom is -0.337 e. The summed E-state index contributed by atoms with van der Waals surface area (Å²) >= 11 is 0. The number of nitrogens with two attached hydrogens (primary N) is 1.